The fourth-order valence-corrected chi connectivity index (χ4v) is 3.44. The number of anilines is 1. The minimum atomic E-state index is 0.804. The van der Waals surface area contributed by atoms with Gasteiger partial charge in [0.25, 0.3) is 0 Å². The van der Waals surface area contributed by atoms with Gasteiger partial charge in [0.05, 0.1) is 22.7 Å². The van der Waals surface area contributed by atoms with Gasteiger partial charge in [0.1, 0.15) is 0 Å². The molecule has 0 N–H and O–H groups in total. The zero-order valence-corrected chi connectivity index (χ0v) is 16.9. The van der Waals surface area contributed by atoms with Gasteiger partial charge in [-0.3, -0.25) is 0 Å². The van der Waals surface area contributed by atoms with Crippen molar-refractivity contribution in [2.45, 2.75) is 26.7 Å². The molecule has 0 radical (unpaired) electrons. The number of rotatable bonds is 5. The van der Waals surface area contributed by atoms with Gasteiger partial charge in [0.2, 0.25) is 0 Å². The fraction of sp³-hybridized carbons (Fsp3) is 0.250. The molecule has 3 aromatic rings. The SMILES string of the molecule is Cc1cccc(N=Nc2ccc(N=Nc3ccc(N4CCCC4)cc3)c(C)c2)c1. The van der Waals surface area contributed by atoms with Crippen LogP contribution in [0, 0.1) is 13.8 Å². The van der Waals surface area contributed by atoms with E-state index < -0.39 is 0 Å². The van der Waals surface area contributed by atoms with Crippen LogP contribution in [0.15, 0.2) is 87.2 Å². The number of hydrogen-bond donors (Lipinski definition) is 0. The minimum absolute atomic E-state index is 0.804. The lowest BCUT2D eigenvalue weighted by Crippen LogP contribution is -2.17. The summed E-state index contributed by atoms with van der Waals surface area (Å²) in [4.78, 5) is 2.41. The summed E-state index contributed by atoms with van der Waals surface area (Å²) >= 11 is 0. The van der Waals surface area contributed by atoms with Crippen LogP contribution in [-0.4, -0.2) is 13.1 Å². The molecule has 146 valence electrons. The van der Waals surface area contributed by atoms with E-state index in [1.54, 1.807) is 0 Å². The van der Waals surface area contributed by atoms with E-state index in [1.165, 1.54) is 24.1 Å². The van der Waals surface area contributed by atoms with E-state index in [9.17, 15) is 0 Å². The van der Waals surface area contributed by atoms with Crippen LogP contribution in [0.5, 0.6) is 0 Å². The highest BCUT2D eigenvalue weighted by Gasteiger charge is 2.11. The van der Waals surface area contributed by atoms with Crippen molar-refractivity contribution < 1.29 is 0 Å². The van der Waals surface area contributed by atoms with Gasteiger partial charge in [-0.05, 0) is 92.4 Å². The monoisotopic (exact) mass is 383 g/mol. The fourth-order valence-electron chi connectivity index (χ4n) is 3.44. The Morgan fingerprint density at radius 3 is 2.00 bits per heavy atom. The van der Waals surface area contributed by atoms with Crippen LogP contribution in [0.1, 0.15) is 24.0 Å². The Hall–Kier alpha value is -3.34. The van der Waals surface area contributed by atoms with Gasteiger partial charge in [-0.25, -0.2) is 0 Å². The van der Waals surface area contributed by atoms with E-state index in [-0.39, 0.29) is 0 Å². The summed E-state index contributed by atoms with van der Waals surface area (Å²) in [6.45, 7) is 6.35. The van der Waals surface area contributed by atoms with E-state index in [4.69, 9.17) is 0 Å². The van der Waals surface area contributed by atoms with Gasteiger partial charge in [0.15, 0.2) is 0 Å². The van der Waals surface area contributed by atoms with Crippen LogP contribution in [0.25, 0.3) is 0 Å². The second-order valence-electron chi connectivity index (χ2n) is 7.42. The van der Waals surface area contributed by atoms with E-state index >= 15 is 0 Å². The van der Waals surface area contributed by atoms with Gasteiger partial charge in [-0.1, -0.05) is 12.1 Å². The first kappa shape index (κ1) is 19.0. The molecule has 3 aromatic carbocycles. The van der Waals surface area contributed by atoms with Gasteiger partial charge in [-0.15, -0.1) is 0 Å². The maximum Gasteiger partial charge on any atom is 0.0887 e. The molecule has 29 heavy (non-hydrogen) atoms. The average molecular weight is 383 g/mol. The van der Waals surface area contributed by atoms with Crippen molar-refractivity contribution in [1.29, 1.82) is 0 Å². The molecule has 4 rings (SSSR count). The quantitative estimate of drug-likeness (QED) is 0.416. The Kier molecular flexibility index (Phi) is 5.75. The first-order valence-corrected chi connectivity index (χ1v) is 10.0. The summed E-state index contributed by atoms with van der Waals surface area (Å²) in [6, 6.07) is 22.1. The first-order chi connectivity index (χ1) is 14.2. The summed E-state index contributed by atoms with van der Waals surface area (Å²) < 4.78 is 0. The molecule has 0 bridgehead atoms. The van der Waals surface area contributed by atoms with Crippen molar-refractivity contribution in [3.8, 4) is 0 Å². The first-order valence-electron chi connectivity index (χ1n) is 10.0. The van der Waals surface area contributed by atoms with E-state index in [0.717, 1.165) is 41.4 Å². The zero-order valence-electron chi connectivity index (χ0n) is 16.9. The Bertz CT molecular complexity index is 1030. The van der Waals surface area contributed by atoms with Crippen molar-refractivity contribution in [3.63, 3.8) is 0 Å². The molecule has 0 aromatic heterocycles. The standard InChI is InChI=1S/C24H25N5/c1-18-6-5-7-21(16-18)26-27-22-10-13-24(19(2)17-22)28-25-20-8-11-23(12-9-20)29-14-3-4-15-29/h5-13,16-17H,3-4,14-15H2,1-2H3. The Morgan fingerprint density at radius 2 is 1.31 bits per heavy atom. The third kappa shape index (κ3) is 4.93. The predicted molar refractivity (Wildman–Crippen MR) is 119 cm³/mol. The molecule has 1 fully saturated rings. The molecule has 1 saturated heterocycles. The summed E-state index contributed by atoms with van der Waals surface area (Å²) in [5, 5.41) is 17.4. The highest BCUT2D eigenvalue weighted by Crippen LogP contribution is 2.28. The second-order valence-corrected chi connectivity index (χ2v) is 7.42. The Labute approximate surface area is 171 Å². The van der Waals surface area contributed by atoms with Crippen molar-refractivity contribution >= 4 is 28.4 Å². The van der Waals surface area contributed by atoms with Crippen molar-refractivity contribution in [2.75, 3.05) is 18.0 Å². The smallest absolute Gasteiger partial charge is 0.0887 e. The third-order valence-corrected chi connectivity index (χ3v) is 5.06. The zero-order chi connectivity index (χ0) is 20.1. The highest BCUT2D eigenvalue weighted by atomic mass is 15.1. The lowest BCUT2D eigenvalue weighted by molar-refractivity contribution is 0.949. The molecular formula is C24H25N5. The van der Waals surface area contributed by atoms with Gasteiger partial charge >= 0.3 is 0 Å². The van der Waals surface area contributed by atoms with E-state index in [1.807, 2.05) is 68.4 Å². The molecule has 1 heterocycles. The molecule has 1 aliphatic heterocycles. The van der Waals surface area contributed by atoms with Crippen LogP contribution in [0.3, 0.4) is 0 Å². The topological polar surface area (TPSA) is 52.7 Å². The van der Waals surface area contributed by atoms with Crippen LogP contribution in [0.2, 0.25) is 0 Å². The lowest BCUT2D eigenvalue weighted by atomic mass is 10.2. The number of nitrogens with zero attached hydrogens (tertiary/aromatic N) is 5. The Balaban J connectivity index is 1.43. The number of hydrogen-bond acceptors (Lipinski definition) is 5. The molecule has 0 unspecified atom stereocenters. The minimum Gasteiger partial charge on any atom is -0.372 e. The van der Waals surface area contributed by atoms with Gasteiger partial charge in [0, 0.05) is 18.8 Å². The number of aryl methyl sites for hydroxylation is 2. The number of azo groups is 2. The second kappa shape index (κ2) is 8.78. The Morgan fingerprint density at radius 1 is 0.655 bits per heavy atom. The molecule has 0 atom stereocenters. The summed E-state index contributed by atoms with van der Waals surface area (Å²) in [5.74, 6) is 0. The van der Waals surface area contributed by atoms with Gasteiger partial charge < -0.3 is 4.90 Å². The molecule has 0 aliphatic carbocycles. The van der Waals surface area contributed by atoms with E-state index in [0.29, 0.717) is 0 Å². The normalized spacial score (nSPS) is 14.3. The van der Waals surface area contributed by atoms with Crippen molar-refractivity contribution in [2.24, 2.45) is 20.5 Å². The molecular weight excluding hydrogens is 358 g/mol. The highest BCUT2D eigenvalue weighted by molar-refractivity contribution is 5.55. The largest absolute Gasteiger partial charge is 0.372 e. The molecule has 0 amide bonds. The molecule has 5 heteroatoms. The molecule has 0 saturated carbocycles. The number of benzene rings is 3. The van der Waals surface area contributed by atoms with E-state index in [2.05, 4.69) is 37.5 Å². The molecule has 0 spiro atoms. The van der Waals surface area contributed by atoms with Crippen LogP contribution < -0.4 is 4.90 Å². The molecule has 5 nitrogen and oxygen atoms in total. The average Bonchev–Trinajstić information content (AvgIpc) is 3.27. The molecule has 1 aliphatic rings. The van der Waals surface area contributed by atoms with Gasteiger partial charge in [-0.2, -0.15) is 20.5 Å². The third-order valence-electron chi connectivity index (χ3n) is 5.06. The summed E-state index contributed by atoms with van der Waals surface area (Å²) in [7, 11) is 0. The van der Waals surface area contributed by atoms with Crippen molar-refractivity contribution in [1.82, 2.24) is 0 Å². The summed E-state index contributed by atoms with van der Waals surface area (Å²) in [5.41, 5.74) is 6.80. The lowest BCUT2D eigenvalue weighted by Gasteiger charge is -2.17. The van der Waals surface area contributed by atoms with Crippen LogP contribution in [-0.2, 0) is 0 Å². The van der Waals surface area contributed by atoms with Crippen LogP contribution >= 0.6 is 0 Å². The van der Waals surface area contributed by atoms with Crippen LogP contribution in [0.4, 0.5) is 28.4 Å². The summed E-state index contributed by atoms with van der Waals surface area (Å²) in [6.07, 6.45) is 2.56. The van der Waals surface area contributed by atoms with Crippen molar-refractivity contribution in [3.05, 3.63) is 77.9 Å². The maximum atomic E-state index is 4.41. The maximum absolute atomic E-state index is 4.41. The predicted octanol–water partition coefficient (Wildman–Crippen LogP) is 7.73.